The molecule has 0 bridgehead atoms. The molecule has 0 spiro atoms. The Balaban J connectivity index is 2.51. The number of aromatic nitrogens is 4. The van der Waals surface area contributed by atoms with Crippen LogP contribution in [0, 0.1) is 10.8 Å². The summed E-state index contributed by atoms with van der Waals surface area (Å²) in [5.41, 5.74) is 1.78. The Labute approximate surface area is 88.3 Å². The standard InChI is InChI=1S/C7H7IN4O/c1-4-5(3-12(2)11-4)6-9-10-7(8)13-6/h3H,1-2H3. The van der Waals surface area contributed by atoms with E-state index in [1.165, 1.54) is 0 Å². The summed E-state index contributed by atoms with van der Waals surface area (Å²) in [6.45, 7) is 1.91. The van der Waals surface area contributed by atoms with Crippen molar-refractivity contribution in [2.45, 2.75) is 6.92 Å². The van der Waals surface area contributed by atoms with Crippen molar-refractivity contribution in [2.24, 2.45) is 7.05 Å². The average Bonchev–Trinajstić information content (AvgIpc) is 2.58. The summed E-state index contributed by atoms with van der Waals surface area (Å²) in [4.78, 5) is 0. The number of aryl methyl sites for hydroxylation is 2. The second-order valence-electron chi connectivity index (χ2n) is 2.66. The van der Waals surface area contributed by atoms with Crippen molar-refractivity contribution in [3.8, 4) is 11.5 Å². The van der Waals surface area contributed by atoms with Gasteiger partial charge in [0.1, 0.15) is 0 Å². The summed E-state index contributed by atoms with van der Waals surface area (Å²) in [6.07, 6.45) is 1.86. The third-order valence-electron chi connectivity index (χ3n) is 1.64. The molecule has 68 valence electrons. The Morgan fingerprint density at radius 2 is 2.23 bits per heavy atom. The molecule has 2 aromatic heterocycles. The largest absolute Gasteiger partial charge is 0.412 e. The lowest BCUT2D eigenvalue weighted by Crippen LogP contribution is -1.86. The molecule has 0 N–H and O–H groups in total. The van der Waals surface area contributed by atoms with Crippen LogP contribution >= 0.6 is 22.6 Å². The maximum atomic E-state index is 5.27. The van der Waals surface area contributed by atoms with Gasteiger partial charge < -0.3 is 4.42 Å². The van der Waals surface area contributed by atoms with Gasteiger partial charge in [-0.2, -0.15) is 5.10 Å². The lowest BCUT2D eigenvalue weighted by atomic mass is 10.3. The molecule has 0 amide bonds. The SMILES string of the molecule is Cc1nn(C)cc1-c1nnc(I)o1. The Kier molecular flexibility index (Phi) is 2.06. The van der Waals surface area contributed by atoms with Crippen molar-refractivity contribution < 1.29 is 4.42 Å². The van der Waals surface area contributed by atoms with Crippen LogP contribution in [0.2, 0.25) is 0 Å². The number of halogens is 1. The van der Waals surface area contributed by atoms with Crippen molar-refractivity contribution in [1.82, 2.24) is 20.0 Å². The van der Waals surface area contributed by atoms with E-state index in [9.17, 15) is 0 Å². The summed E-state index contributed by atoms with van der Waals surface area (Å²) in [6, 6.07) is 0. The van der Waals surface area contributed by atoms with E-state index in [1.807, 2.05) is 42.8 Å². The second kappa shape index (κ2) is 3.09. The molecule has 2 aromatic rings. The lowest BCUT2D eigenvalue weighted by Gasteiger charge is -1.86. The highest BCUT2D eigenvalue weighted by atomic mass is 127. The zero-order chi connectivity index (χ0) is 9.42. The van der Waals surface area contributed by atoms with E-state index in [2.05, 4.69) is 15.3 Å². The molecule has 0 aromatic carbocycles. The zero-order valence-electron chi connectivity index (χ0n) is 7.15. The molecule has 2 heterocycles. The minimum Gasteiger partial charge on any atom is -0.412 e. The van der Waals surface area contributed by atoms with Gasteiger partial charge in [0, 0.05) is 35.8 Å². The first-order valence-corrected chi connectivity index (χ1v) is 4.74. The molecule has 0 saturated carbocycles. The molecule has 0 aliphatic carbocycles. The first-order valence-electron chi connectivity index (χ1n) is 3.66. The summed E-state index contributed by atoms with van der Waals surface area (Å²) < 4.78 is 7.54. The van der Waals surface area contributed by atoms with Crippen LogP contribution in [0.3, 0.4) is 0 Å². The van der Waals surface area contributed by atoms with Crippen molar-refractivity contribution >= 4 is 22.6 Å². The maximum Gasteiger partial charge on any atom is 0.278 e. The predicted molar refractivity (Wildman–Crippen MR) is 54.0 cm³/mol. The Hall–Kier alpha value is -0.920. The van der Waals surface area contributed by atoms with Gasteiger partial charge in [-0.05, 0) is 6.92 Å². The molecular formula is C7H7IN4O. The van der Waals surface area contributed by atoms with Gasteiger partial charge in [0.2, 0.25) is 0 Å². The van der Waals surface area contributed by atoms with Crippen LogP contribution in [-0.2, 0) is 7.05 Å². The summed E-state index contributed by atoms with van der Waals surface area (Å²) in [5, 5.41) is 11.8. The minimum absolute atomic E-state index is 0.523. The highest BCUT2D eigenvalue weighted by Crippen LogP contribution is 2.20. The third-order valence-corrected chi connectivity index (χ3v) is 2.08. The minimum atomic E-state index is 0.523. The predicted octanol–water partition coefficient (Wildman–Crippen LogP) is 1.38. The topological polar surface area (TPSA) is 56.7 Å². The van der Waals surface area contributed by atoms with E-state index in [1.54, 1.807) is 4.68 Å². The molecule has 0 unspecified atom stereocenters. The van der Waals surface area contributed by atoms with Crippen LogP contribution in [-0.4, -0.2) is 20.0 Å². The van der Waals surface area contributed by atoms with Crippen molar-refractivity contribution in [1.29, 1.82) is 0 Å². The van der Waals surface area contributed by atoms with Crippen LogP contribution in [0.5, 0.6) is 0 Å². The van der Waals surface area contributed by atoms with Gasteiger partial charge in [-0.15, -0.1) is 10.2 Å². The highest BCUT2D eigenvalue weighted by molar-refractivity contribution is 14.1. The summed E-state index contributed by atoms with van der Waals surface area (Å²) in [7, 11) is 1.86. The molecule has 0 atom stereocenters. The van der Waals surface area contributed by atoms with E-state index in [-0.39, 0.29) is 0 Å². The molecular weight excluding hydrogens is 283 g/mol. The van der Waals surface area contributed by atoms with Crippen LogP contribution < -0.4 is 0 Å². The molecule has 0 aliphatic rings. The summed E-state index contributed by atoms with van der Waals surface area (Å²) in [5.74, 6) is 0.523. The van der Waals surface area contributed by atoms with Crippen LogP contribution in [0.4, 0.5) is 0 Å². The van der Waals surface area contributed by atoms with Crippen molar-refractivity contribution in [3.05, 3.63) is 15.8 Å². The highest BCUT2D eigenvalue weighted by Gasteiger charge is 2.11. The first-order chi connectivity index (χ1) is 6.16. The lowest BCUT2D eigenvalue weighted by molar-refractivity contribution is 0.536. The van der Waals surface area contributed by atoms with Gasteiger partial charge in [-0.3, -0.25) is 4.68 Å². The third kappa shape index (κ3) is 1.58. The van der Waals surface area contributed by atoms with E-state index in [0.29, 0.717) is 9.79 Å². The first kappa shape index (κ1) is 8.67. The molecule has 0 aliphatic heterocycles. The van der Waals surface area contributed by atoms with E-state index < -0.39 is 0 Å². The zero-order valence-corrected chi connectivity index (χ0v) is 9.31. The van der Waals surface area contributed by atoms with Crippen LogP contribution in [0.1, 0.15) is 5.69 Å². The Morgan fingerprint density at radius 1 is 1.46 bits per heavy atom. The fraction of sp³-hybridized carbons (Fsp3) is 0.286. The molecule has 0 fully saturated rings. The number of nitrogens with zero attached hydrogens (tertiary/aromatic N) is 4. The molecule has 6 heteroatoms. The van der Waals surface area contributed by atoms with Gasteiger partial charge in [0.05, 0.1) is 11.3 Å². The van der Waals surface area contributed by atoms with Crippen molar-refractivity contribution in [2.75, 3.05) is 0 Å². The number of hydrogen-bond acceptors (Lipinski definition) is 4. The number of hydrogen-bond donors (Lipinski definition) is 0. The van der Waals surface area contributed by atoms with E-state index in [0.717, 1.165) is 11.3 Å². The van der Waals surface area contributed by atoms with E-state index >= 15 is 0 Å². The summed E-state index contributed by atoms with van der Waals surface area (Å²) >= 11 is 1.98. The van der Waals surface area contributed by atoms with E-state index in [4.69, 9.17) is 4.42 Å². The molecule has 0 radical (unpaired) electrons. The smallest absolute Gasteiger partial charge is 0.278 e. The monoisotopic (exact) mass is 290 g/mol. The van der Waals surface area contributed by atoms with Gasteiger partial charge in [0.25, 0.3) is 9.79 Å². The number of rotatable bonds is 1. The fourth-order valence-electron chi connectivity index (χ4n) is 1.12. The van der Waals surface area contributed by atoms with Gasteiger partial charge in [0.15, 0.2) is 0 Å². The van der Waals surface area contributed by atoms with Gasteiger partial charge in [-0.1, -0.05) is 0 Å². The average molecular weight is 290 g/mol. The van der Waals surface area contributed by atoms with Gasteiger partial charge >= 0.3 is 0 Å². The molecule has 0 saturated heterocycles. The molecule has 13 heavy (non-hydrogen) atoms. The second-order valence-corrected chi connectivity index (χ2v) is 3.58. The normalized spacial score (nSPS) is 10.7. The molecule has 2 rings (SSSR count). The fourth-order valence-corrected chi connectivity index (χ4v) is 1.44. The Bertz CT molecular complexity index is 433. The maximum absolute atomic E-state index is 5.27. The molecule has 5 nitrogen and oxygen atoms in total. The van der Waals surface area contributed by atoms with Crippen LogP contribution in [0.15, 0.2) is 10.6 Å². The quantitative estimate of drug-likeness (QED) is 0.745. The van der Waals surface area contributed by atoms with Gasteiger partial charge in [-0.25, -0.2) is 0 Å². The Morgan fingerprint density at radius 3 is 2.69 bits per heavy atom. The van der Waals surface area contributed by atoms with Crippen LogP contribution in [0.25, 0.3) is 11.5 Å². The van der Waals surface area contributed by atoms with Crippen molar-refractivity contribution in [3.63, 3.8) is 0 Å².